The maximum Gasteiger partial charge on any atom is 0.243 e. The van der Waals surface area contributed by atoms with Crippen LogP contribution in [0.1, 0.15) is 43.7 Å². The van der Waals surface area contributed by atoms with Gasteiger partial charge in [-0.2, -0.15) is 0 Å². The molecule has 3 aliphatic rings. The molecule has 166 valence electrons. The van der Waals surface area contributed by atoms with Crippen LogP contribution in [0.2, 0.25) is 0 Å². The number of fused-ring (bicyclic) bond motifs is 1. The first-order valence-corrected chi connectivity index (χ1v) is 11.9. The Morgan fingerprint density at radius 1 is 1.27 bits per heavy atom. The molecule has 0 aromatic heterocycles. The van der Waals surface area contributed by atoms with E-state index in [0.717, 1.165) is 64.2 Å². The summed E-state index contributed by atoms with van der Waals surface area (Å²) < 4.78 is 0. The van der Waals surface area contributed by atoms with Crippen LogP contribution in [0.25, 0.3) is 0 Å². The number of piperazine rings is 1. The summed E-state index contributed by atoms with van der Waals surface area (Å²) in [4.78, 5) is 15.8. The van der Waals surface area contributed by atoms with Crippen molar-refractivity contribution in [3.8, 4) is 0 Å². The van der Waals surface area contributed by atoms with E-state index in [9.17, 15) is 4.79 Å². The molecule has 30 heavy (non-hydrogen) atoms. The zero-order valence-electron chi connectivity index (χ0n) is 18.7. The predicted molar refractivity (Wildman–Crippen MR) is 123 cm³/mol. The van der Waals surface area contributed by atoms with Crippen LogP contribution in [0, 0.1) is 12.8 Å². The van der Waals surface area contributed by atoms with Crippen LogP contribution in [0.4, 0.5) is 5.69 Å². The Bertz CT molecular complexity index is 718. The van der Waals surface area contributed by atoms with Gasteiger partial charge in [-0.15, -0.1) is 0 Å². The van der Waals surface area contributed by atoms with Crippen molar-refractivity contribution < 1.29 is 4.79 Å². The van der Waals surface area contributed by atoms with Gasteiger partial charge in [0.1, 0.15) is 6.04 Å². The maximum atomic E-state index is 13.2. The highest BCUT2D eigenvalue weighted by molar-refractivity contribution is 5.88. The van der Waals surface area contributed by atoms with E-state index in [1.165, 1.54) is 24.0 Å². The Kier molecular flexibility index (Phi) is 7.28. The second kappa shape index (κ2) is 10.1. The van der Waals surface area contributed by atoms with E-state index < -0.39 is 0 Å². The van der Waals surface area contributed by atoms with Crippen molar-refractivity contribution in [2.45, 2.75) is 64.1 Å². The molecule has 4 atom stereocenters. The van der Waals surface area contributed by atoms with Gasteiger partial charge in [0.15, 0.2) is 0 Å². The van der Waals surface area contributed by atoms with E-state index >= 15 is 0 Å². The molecule has 1 aromatic carbocycles. The standard InChI is InChI=1S/C24H39N5O/c1-17-6-3-8-19-16-21(27-22(17)19)24(30)28-20(23-18(2)7-4-10-26-23)9-5-13-29-14-11-25-12-15-29/h3,6,8,18,20-21,23,25-27H,4-5,7,9-16H2,1-2H3,(H,28,30). The molecule has 1 aromatic rings. The Morgan fingerprint density at radius 3 is 2.87 bits per heavy atom. The van der Waals surface area contributed by atoms with E-state index in [0.29, 0.717) is 12.0 Å². The summed E-state index contributed by atoms with van der Waals surface area (Å²) in [6.45, 7) is 11.1. The molecule has 3 heterocycles. The lowest BCUT2D eigenvalue weighted by Crippen LogP contribution is -2.57. The molecule has 1 amide bonds. The Labute approximate surface area is 181 Å². The molecule has 6 heteroatoms. The number of aryl methyl sites for hydroxylation is 1. The van der Waals surface area contributed by atoms with Crippen molar-refractivity contribution in [1.82, 2.24) is 20.9 Å². The van der Waals surface area contributed by atoms with Crippen molar-refractivity contribution in [3.63, 3.8) is 0 Å². The highest BCUT2D eigenvalue weighted by Crippen LogP contribution is 2.29. The van der Waals surface area contributed by atoms with Crippen LogP contribution in [0.3, 0.4) is 0 Å². The van der Waals surface area contributed by atoms with Gasteiger partial charge in [0.25, 0.3) is 0 Å². The molecular formula is C24H39N5O. The number of nitrogens with one attached hydrogen (secondary N) is 4. The van der Waals surface area contributed by atoms with Gasteiger partial charge in [-0.1, -0.05) is 25.1 Å². The molecule has 0 saturated carbocycles. The molecule has 6 nitrogen and oxygen atoms in total. The van der Waals surface area contributed by atoms with E-state index in [4.69, 9.17) is 0 Å². The minimum Gasteiger partial charge on any atom is -0.373 e. The number of anilines is 1. The molecule has 4 rings (SSSR count). The fourth-order valence-corrected chi connectivity index (χ4v) is 5.42. The normalized spacial score (nSPS) is 27.9. The van der Waals surface area contributed by atoms with Gasteiger partial charge in [0.05, 0.1) is 0 Å². The Balaban J connectivity index is 1.36. The third kappa shape index (κ3) is 5.16. The summed E-state index contributed by atoms with van der Waals surface area (Å²) in [5.41, 5.74) is 3.63. The van der Waals surface area contributed by atoms with Crippen LogP contribution < -0.4 is 21.3 Å². The van der Waals surface area contributed by atoms with Crippen LogP contribution >= 0.6 is 0 Å². The number of nitrogens with zero attached hydrogens (tertiary/aromatic N) is 1. The van der Waals surface area contributed by atoms with Crippen LogP contribution in [0.15, 0.2) is 18.2 Å². The maximum absolute atomic E-state index is 13.2. The summed E-state index contributed by atoms with van der Waals surface area (Å²) in [6.07, 6.45) is 5.43. The van der Waals surface area contributed by atoms with Gasteiger partial charge < -0.3 is 26.2 Å². The summed E-state index contributed by atoms with van der Waals surface area (Å²) in [7, 11) is 0. The second-order valence-corrected chi connectivity index (χ2v) is 9.46. The first kappa shape index (κ1) is 21.6. The molecular weight excluding hydrogens is 374 g/mol. The predicted octanol–water partition coefficient (Wildman–Crippen LogP) is 1.89. The minimum absolute atomic E-state index is 0.150. The third-order valence-electron chi connectivity index (χ3n) is 7.21. The van der Waals surface area contributed by atoms with Crippen LogP contribution in [-0.2, 0) is 11.2 Å². The lowest BCUT2D eigenvalue weighted by molar-refractivity contribution is -0.122. The highest BCUT2D eigenvalue weighted by Gasteiger charge is 2.33. The first-order chi connectivity index (χ1) is 14.6. The van der Waals surface area contributed by atoms with Crippen molar-refractivity contribution in [2.75, 3.05) is 44.6 Å². The van der Waals surface area contributed by atoms with E-state index in [1.54, 1.807) is 0 Å². The number of benzene rings is 1. The fourth-order valence-electron chi connectivity index (χ4n) is 5.42. The Morgan fingerprint density at radius 2 is 2.10 bits per heavy atom. The number of piperidine rings is 1. The number of carbonyl (C=O) groups excluding carboxylic acids is 1. The second-order valence-electron chi connectivity index (χ2n) is 9.46. The van der Waals surface area contributed by atoms with Crippen molar-refractivity contribution in [2.24, 2.45) is 5.92 Å². The number of hydrogen-bond donors (Lipinski definition) is 4. The number of amides is 1. The van der Waals surface area contributed by atoms with E-state index in [2.05, 4.69) is 58.2 Å². The zero-order chi connectivity index (χ0) is 20.9. The number of hydrogen-bond acceptors (Lipinski definition) is 5. The SMILES string of the molecule is Cc1cccc2c1NC(C(=O)NC(CCCN1CCNCC1)C1NCCCC1C)C2. The van der Waals surface area contributed by atoms with Crippen LogP contribution in [-0.4, -0.2) is 68.2 Å². The van der Waals surface area contributed by atoms with E-state index in [1.807, 2.05) is 0 Å². The summed E-state index contributed by atoms with van der Waals surface area (Å²) in [6, 6.07) is 6.74. The molecule has 3 aliphatic heterocycles. The lowest BCUT2D eigenvalue weighted by Gasteiger charge is -2.37. The highest BCUT2D eigenvalue weighted by atomic mass is 16.2. The van der Waals surface area contributed by atoms with Gasteiger partial charge in [-0.05, 0) is 62.7 Å². The molecule has 0 bridgehead atoms. The van der Waals surface area contributed by atoms with Gasteiger partial charge in [0.2, 0.25) is 5.91 Å². The number of carbonyl (C=O) groups is 1. The zero-order valence-corrected chi connectivity index (χ0v) is 18.7. The molecule has 0 aliphatic carbocycles. The average Bonchev–Trinajstić information content (AvgIpc) is 3.20. The van der Waals surface area contributed by atoms with Gasteiger partial charge >= 0.3 is 0 Å². The van der Waals surface area contributed by atoms with Gasteiger partial charge in [0, 0.05) is 50.4 Å². The molecule has 2 fully saturated rings. The number of rotatable bonds is 7. The minimum atomic E-state index is -0.157. The third-order valence-corrected chi connectivity index (χ3v) is 7.21. The average molecular weight is 414 g/mol. The summed E-state index contributed by atoms with van der Waals surface area (Å²) in [5.74, 6) is 0.747. The largest absolute Gasteiger partial charge is 0.373 e. The molecule has 0 spiro atoms. The van der Waals surface area contributed by atoms with Gasteiger partial charge in [-0.25, -0.2) is 0 Å². The van der Waals surface area contributed by atoms with Crippen molar-refractivity contribution in [1.29, 1.82) is 0 Å². The lowest BCUT2D eigenvalue weighted by atomic mass is 9.85. The van der Waals surface area contributed by atoms with Crippen LogP contribution in [0.5, 0.6) is 0 Å². The monoisotopic (exact) mass is 413 g/mol. The Hall–Kier alpha value is -1.63. The molecule has 0 radical (unpaired) electrons. The molecule has 2 saturated heterocycles. The summed E-state index contributed by atoms with van der Waals surface area (Å²) in [5, 5.41) is 14.1. The quantitative estimate of drug-likeness (QED) is 0.550. The van der Waals surface area contributed by atoms with E-state index in [-0.39, 0.29) is 18.0 Å². The van der Waals surface area contributed by atoms with Crippen molar-refractivity contribution in [3.05, 3.63) is 29.3 Å². The molecule has 4 N–H and O–H groups in total. The fraction of sp³-hybridized carbons (Fsp3) is 0.708. The van der Waals surface area contributed by atoms with Gasteiger partial charge in [-0.3, -0.25) is 4.79 Å². The first-order valence-electron chi connectivity index (χ1n) is 11.9. The summed E-state index contributed by atoms with van der Waals surface area (Å²) >= 11 is 0. The molecule has 4 unspecified atom stereocenters. The topological polar surface area (TPSA) is 68.4 Å². The number of para-hydroxylation sites is 1. The van der Waals surface area contributed by atoms with Crippen molar-refractivity contribution >= 4 is 11.6 Å². The smallest absolute Gasteiger partial charge is 0.243 e.